The second-order valence-corrected chi connectivity index (χ2v) is 16.9. The standard InChI is InChI=1S/C21H41ClNO5P/c1-7-12-29(13-8-2,14-9-3,28-22(25,26)27)16-21-11-10-18(20(21,5)6)15-19(21)23-17(4)24/h18-19H,7-16H2,1-6H3,(H,23,24). The van der Waals surface area contributed by atoms with Crippen molar-refractivity contribution < 1.29 is 33.1 Å². The first-order valence-corrected chi connectivity index (χ1v) is 15.3. The summed E-state index contributed by atoms with van der Waals surface area (Å²) in [5.41, 5.74) is -0.272. The Labute approximate surface area is 178 Å². The zero-order valence-corrected chi connectivity index (χ0v) is 20.7. The predicted octanol–water partition coefficient (Wildman–Crippen LogP) is 1.93. The van der Waals surface area contributed by atoms with Gasteiger partial charge in [0.2, 0.25) is 0 Å². The molecule has 0 aromatic carbocycles. The summed E-state index contributed by atoms with van der Waals surface area (Å²) < 4.78 is 41.9. The molecule has 8 heteroatoms. The average molecular weight is 454 g/mol. The molecule has 2 fully saturated rings. The number of hydrogen-bond donors (Lipinski definition) is 1. The summed E-state index contributed by atoms with van der Waals surface area (Å²) >= 11 is 0. The third kappa shape index (κ3) is 4.63. The monoisotopic (exact) mass is 453 g/mol. The molecule has 0 aliphatic heterocycles. The Kier molecular flexibility index (Phi) is 7.43. The van der Waals surface area contributed by atoms with Gasteiger partial charge in [-0.05, 0) is 0 Å². The molecule has 172 valence electrons. The van der Waals surface area contributed by atoms with E-state index in [0.717, 1.165) is 38.5 Å². The van der Waals surface area contributed by atoms with E-state index in [2.05, 4.69) is 19.2 Å². The van der Waals surface area contributed by atoms with Crippen molar-refractivity contribution in [1.29, 1.82) is 0 Å². The topological polar surface area (TPSA) is 108 Å². The van der Waals surface area contributed by atoms with Gasteiger partial charge in [-0.3, -0.25) is 0 Å². The molecule has 2 saturated carbocycles. The van der Waals surface area contributed by atoms with Gasteiger partial charge in [0.25, 0.3) is 0 Å². The third-order valence-corrected chi connectivity index (χ3v) is 16.5. The Hall–Kier alpha value is 0.0300. The molecule has 6 nitrogen and oxygen atoms in total. The van der Waals surface area contributed by atoms with E-state index in [1.807, 2.05) is 20.8 Å². The van der Waals surface area contributed by atoms with Gasteiger partial charge in [-0.15, -0.1) is 0 Å². The first-order chi connectivity index (χ1) is 13.3. The van der Waals surface area contributed by atoms with Gasteiger partial charge < -0.3 is 0 Å². The predicted molar refractivity (Wildman–Crippen MR) is 110 cm³/mol. The van der Waals surface area contributed by atoms with E-state index >= 15 is 0 Å². The Bertz CT molecular complexity index is 589. The van der Waals surface area contributed by atoms with Crippen molar-refractivity contribution in [2.45, 2.75) is 86.1 Å². The van der Waals surface area contributed by atoms with Gasteiger partial charge in [0.05, 0.1) is 0 Å². The van der Waals surface area contributed by atoms with E-state index in [4.69, 9.17) is 4.08 Å². The first kappa shape index (κ1) is 25.3. The molecule has 0 radical (unpaired) electrons. The van der Waals surface area contributed by atoms with Crippen LogP contribution in [0.4, 0.5) is 0 Å². The van der Waals surface area contributed by atoms with Crippen LogP contribution in [0.3, 0.4) is 0 Å². The van der Waals surface area contributed by atoms with Crippen LogP contribution >= 0.6 is 6.83 Å². The molecule has 0 aromatic heterocycles. The number of carbonyl (C=O) groups is 1. The van der Waals surface area contributed by atoms with E-state index in [1.165, 1.54) is 0 Å². The number of nitrogens with one attached hydrogen (secondary N) is 1. The van der Waals surface area contributed by atoms with Crippen LogP contribution in [0.5, 0.6) is 0 Å². The average Bonchev–Trinajstić information content (AvgIpc) is 2.87. The number of hydrogen-bond acceptors (Lipinski definition) is 5. The Morgan fingerprint density at radius 2 is 1.62 bits per heavy atom. The van der Waals surface area contributed by atoms with Gasteiger partial charge >= 0.3 is 179 Å². The van der Waals surface area contributed by atoms with Crippen LogP contribution in [0, 0.1) is 27.0 Å². The van der Waals surface area contributed by atoms with Crippen LogP contribution in [0.25, 0.3) is 0 Å². The fourth-order valence-electron chi connectivity index (χ4n) is 7.25. The molecular formula is C21H41ClNO5P. The molecule has 0 spiro atoms. The molecule has 3 atom stereocenters. The molecule has 2 rings (SSSR count). The van der Waals surface area contributed by atoms with Crippen molar-refractivity contribution in [2.24, 2.45) is 16.7 Å². The minimum absolute atomic E-state index is 0.00967. The molecule has 0 heterocycles. The summed E-state index contributed by atoms with van der Waals surface area (Å²) in [6, 6.07) is 0.00967. The fraction of sp³-hybridized carbons (Fsp3) is 0.952. The minimum atomic E-state index is -4.51. The number of halogens is 1. The maximum atomic E-state index is 12.0. The van der Waals surface area contributed by atoms with Crippen molar-refractivity contribution in [2.75, 3.05) is 24.6 Å². The molecule has 29 heavy (non-hydrogen) atoms. The van der Waals surface area contributed by atoms with Crippen molar-refractivity contribution in [3.8, 4) is 0 Å². The summed E-state index contributed by atoms with van der Waals surface area (Å²) in [4.78, 5) is 12.0. The number of rotatable bonds is 11. The fourth-order valence-corrected chi connectivity index (χ4v) is 16.9. The van der Waals surface area contributed by atoms with Gasteiger partial charge in [-0.25, -0.2) is 0 Å². The van der Waals surface area contributed by atoms with Gasteiger partial charge in [0, 0.05) is 0 Å². The van der Waals surface area contributed by atoms with Crippen LogP contribution in [0.2, 0.25) is 0 Å². The van der Waals surface area contributed by atoms with E-state index in [0.29, 0.717) is 30.6 Å². The van der Waals surface area contributed by atoms with Gasteiger partial charge in [0.15, 0.2) is 0 Å². The Morgan fingerprint density at radius 3 is 2.00 bits per heavy atom. The molecule has 1 N–H and O–H groups in total. The van der Waals surface area contributed by atoms with E-state index in [-0.39, 0.29) is 22.8 Å². The van der Waals surface area contributed by atoms with Gasteiger partial charge in [-0.2, -0.15) is 0 Å². The zero-order chi connectivity index (χ0) is 22.2. The van der Waals surface area contributed by atoms with Crippen LogP contribution in [-0.2, 0) is 8.87 Å². The number of amides is 1. The summed E-state index contributed by atoms with van der Waals surface area (Å²) in [7, 11) is -4.51. The molecule has 0 aromatic rings. The van der Waals surface area contributed by atoms with Crippen molar-refractivity contribution in [3.63, 3.8) is 0 Å². The number of carbonyl (C=O) groups excluding carboxylic acids is 1. The summed E-state index contributed by atoms with van der Waals surface area (Å²) in [5, 5.41) is 3.20. The maximum absolute atomic E-state index is 12.0. The quantitative estimate of drug-likeness (QED) is 0.481. The molecule has 2 bridgehead atoms. The molecule has 2 aliphatic carbocycles. The number of fused-ring (bicyclic) bond motifs is 2. The summed E-state index contributed by atoms with van der Waals surface area (Å²) in [6.07, 6.45) is 7.88. The van der Waals surface area contributed by atoms with E-state index in [9.17, 15) is 18.8 Å². The SMILES string of the molecule is CCCP(CCC)(CCC)(CC12CCC(CC1NC(C)=O)C2(C)C)O[Cl+3]([O-])([O-])[O-]. The van der Waals surface area contributed by atoms with Crippen LogP contribution in [0.15, 0.2) is 0 Å². The van der Waals surface area contributed by atoms with Crippen molar-refractivity contribution >= 4 is 12.7 Å². The Morgan fingerprint density at radius 1 is 1.10 bits per heavy atom. The van der Waals surface area contributed by atoms with E-state index in [1.54, 1.807) is 6.92 Å². The van der Waals surface area contributed by atoms with Crippen molar-refractivity contribution in [1.82, 2.24) is 5.32 Å². The molecule has 3 unspecified atom stereocenters. The third-order valence-electron chi connectivity index (χ3n) is 8.14. The normalized spacial score (nSPS) is 30.2. The summed E-state index contributed by atoms with van der Waals surface area (Å²) in [5.74, 6) is 0.447. The van der Waals surface area contributed by atoms with Crippen molar-refractivity contribution in [3.05, 3.63) is 0 Å². The molecular weight excluding hydrogens is 413 g/mol. The second kappa shape index (κ2) is 8.52. The molecule has 0 saturated heterocycles. The Balaban J connectivity index is 2.64. The molecule has 1 amide bonds. The summed E-state index contributed by atoms with van der Waals surface area (Å²) in [6.45, 7) is 8.86. The molecule has 2 aliphatic rings. The van der Waals surface area contributed by atoms with Crippen LogP contribution in [0.1, 0.15) is 80.1 Å². The van der Waals surface area contributed by atoms with Gasteiger partial charge in [-0.1, -0.05) is 0 Å². The second-order valence-electron chi connectivity index (χ2n) is 10.2. The van der Waals surface area contributed by atoms with Crippen LogP contribution < -0.4 is 19.3 Å². The zero-order valence-electron chi connectivity index (χ0n) is 19.1. The van der Waals surface area contributed by atoms with E-state index < -0.39 is 17.1 Å². The van der Waals surface area contributed by atoms with Gasteiger partial charge in [0.1, 0.15) is 0 Å². The van der Waals surface area contributed by atoms with Crippen LogP contribution in [-0.4, -0.2) is 36.6 Å². The first-order valence-electron chi connectivity index (χ1n) is 11.2.